The molecule has 0 amide bonds. The Hall–Kier alpha value is -3.12. The van der Waals surface area contributed by atoms with Crippen molar-refractivity contribution < 1.29 is 32.5 Å². The van der Waals surface area contributed by atoms with E-state index in [2.05, 4.69) is 25.2 Å². The zero-order valence-corrected chi connectivity index (χ0v) is 15.8. The third-order valence-electron chi connectivity index (χ3n) is 4.66. The van der Waals surface area contributed by atoms with Crippen molar-refractivity contribution in [3.8, 4) is 22.8 Å². The molecule has 0 unspecified atom stereocenters. The summed E-state index contributed by atoms with van der Waals surface area (Å²) in [7, 11) is 1.34. The molecule has 2 N–H and O–H groups in total. The molecule has 9 nitrogen and oxygen atoms in total. The van der Waals surface area contributed by atoms with Crippen LogP contribution in [0.4, 0.5) is 19.1 Å². The Kier molecular flexibility index (Phi) is 5.35. The third kappa shape index (κ3) is 4.09. The van der Waals surface area contributed by atoms with Gasteiger partial charge in [0.05, 0.1) is 37.6 Å². The van der Waals surface area contributed by atoms with Crippen LogP contribution in [-0.4, -0.2) is 63.5 Å². The first-order valence-electron chi connectivity index (χ1n) is 9.01. The van der Waals surface area contributed by atoms with Gasteiger partial charge in [0.1, 0.15) is 23.5 Å². The summed E-state index contributed by atoms with van der Waals surface area (Å²) in [4.78, 5) is 4.07. The van der Waals surface area contributed by atoms with E-state index >= 15 is 0 Å². The molecule has 160 valence electrons. The van der Waals surface area contributed by atoms with Crippen LogP contribution in [0.5, 0.6) is 11.5 Å². The maximum absolute atomic E-state index is 12.9. The molecular formula is C18H18F3N5O4. The van der Waals surface area contributed by atoms with Crippen LogP contribution < -0.4 is 14.8 Å². The lowest BCUT2D eigenvalue weighted by molar-refractivity contribution is -0.274. The minimum Gasteiger partial charge on any atom is -0.497 e. The number of nitrogens with one attached hydrogen (secondary N) is 1. The first-order valence-corrected chi connectivity index (χ1v) is 9.01. The molecule has 2 aromatic heterocycles. The van der Waals surface area contributed by atoms with Crippen molar-refractivity contribution in [3.63, 3.8) is 0 Å². The van der Waals surface area contributed by atoms with Crippen molar-refractivity contribution in [3.05, 3.63) is 30.7 Å². The fourth-order valence-corrected chi connectivity index (χ4v) is 3.22. The summed E-state index contributed by atoms with van der Waals surface area (Å²) in [5.41, 5.74) is 0.627. The Bertz CT molecular complexity index is 1040. The van der Waals surface area contributed by atoms with Gasteiger partial charge < -0.3 is 24.6 Å². The second-order valence-corrected chi connectivity index (χ2v) is 6.61. The molecule has 12 heteroatoms. The van der Waals surface area contributed by atoms with Crippen LogP contribution in [0, 0.1) is 0 Å². The monoisotopic (exact) mass is 425 g/mol. The van der Waals surface area contributed by atoms with E-state index in [1.54, 1.807) is 4.40 Å². The molecule has 4 rings (SSSR count). The number of aliphatic hydroxyl groups is 1. The molecule has 1 fully saturated rings. The Morgan fingerprint density at radius 1 is 1.30 bits per heavy atom. The van der Waals surface area contributed by atoms with E-state index in [0.717, 1.165) is 6.07 Å². The highest BCUT2D eigenvalue weighted by atomic mass is 19.4. The van der Waals surface area contributed by atoms with Crippen molar-refractivity contribution >= 4 is 11.5 Å². The molecule has 30 heavy (non-hydrogen) atoms. The SMILES string of the molecule is COc1ccc(-c2nnc(N[C@@H]3CCOC[C@H]3O)n3cncc23)c(OC(F)(F)F)c1. The first kappa shape index (κ1) is 20.2. The zero-order chi connectivity index (χ0) is 21.3. The number of halogens is 3. The topological polar surface area (TPSA) is 103 Å². The highest BCUT2D eigenvalue weighted by Gasteiger charge is 2.33. The molecular weight excluding hydrogens is 407 g/mol. The Labute approximate surface area is 168 Å². The standard InChI is InChI=1S/C18H18F3N5O4/c1-28-10-2-3-11(15(6-10)30-18(19,20)21)16-13-7-22-9-26(13)17(25-24-16)23-12-4-5-29-8-14(12)27/h2-3,6-7,9,12,14,27H,4-5,8H2,1H3,(H,23,25)/t12-,14-/m1/s1. The lowest BCUT2D eigenvalue weighted by Gasteiger charge is -2.28. The summed E-state index contributed by atoms with van der Waals surface area (Å²) in [5.74, 6) is 0.0195. The van der Waals surface area contributed by atoms with Gasteiger partial charge in [-0.2, -0.15) is 0 Å². The summed E-state index contributed by atoms with van der Waals surface area (Å²) in [6.07, 6.45) is -2.16. The molecule has 0 bridgehead atoms. The third-order valence-corrected chi connectivity index (χ3v) is 4.66. The lowest BCUT2D eigenvalue weighted by atomic mass is 10.1. The Morgan fingerprint density at radius 2 is 2.13 bits per heavy atom. The van der Waals surface area contributed by atoms with Gasteiger partial charge >= 0.3 is 6.36 Å². The molecule has 1 saturated heterocycles. The van der Waals surface area contributed by atoms with E-state index < -0.39 is 18.2 Å². The fraction of sp³-hybridized carbons (Fsp3) is 0.389. The number of aliphatic hydroxyl groups excluding tert-OH is 1. The van der Waals surface area contributed by atoms with Crippen molar-refractivity contribution in [1.82, 2.24) is 19.6 Å². The summed E-state index contributed by atoms with van der Waals surface area (Å²) in [5, 5.41) is 21.4. The number of hydrogen-bond donors (Lipinski definition) is 2. The van der Waals surface area contributed by atoms with Gasteiger partial charge in [0.2, 0.25) is 5.95 Å². The number of hydrogen-bond acceptors (Lipinski definition) is 8. The molecule has 0 spiro atoms. The summed E-state index contributed by atoms with van der Waals surface area (Å²) in [6.45, 7) is 0.678. The lowest BCUT2D eigenvalue weighted by Crippen LogP contribution is -2.42. The van der Waals surface area contributed by atoms with Crippen molar-refractivity contribution in [2.45, 2.75) is 24.9 Å². The fourth-order valence-electron chi connectivity index (χ4n) is 3.22. The molecule has 0 radical (unpaired) electrons. The molecule has 1 aliphatic heterocycles. The normalized spacial score (nSPS) is 19.6. The van der Waals surface area contributed by atoms with Crippen LogP contribution in [0.25, 0.3) is 16.8 Å². The quantitative estimate of drug-likeness (QED) is 0.642. The zero-order valence-electron chi connectivity index (χ0n) is 15.8. The van der Waals surface area contributed by atoms with Gasteiger partial charge in [-0.15, -0.1) is 23.4 Å². The van der Waals surface area contributed by atoms with E-state index in [0.29, 0.717) is 24.5 Å². The van der Waals surface area contributed by atoms with Gasteiger partial charge in [-0.25, -0.2) is 4.98 Å². The molecule has 0 aliphatic carbocycles. The van der Waals surface area contributed by atoms with Crippen LogP contribution in [-0.2, 0) is 4.74 Å². The van der Waals surface area contributed by atoms with E-state index in [1.807, 2.05) is 0 Å². The molecule has 3 heterocycles. The molecule has 1 aromatic carbocycles. The molecule has 3 aromatic rings. The number of rotatable bonds is 5. The number of fused-ring (bicyclic) bond motifs is 1. The molecule has 2 atom stereocenters. The largest absolute Gasteiger partial charge is 0.573 e. The minimum absolute atomic E-state index is 0.0729. The molecule has 1 aliphatic rings. The van der Waals surface area contributed by atoms with Crippen LogP contribution in [0.2, 0.25) is 0 Å². The second kappa shape index (κ2) is 7.95. The second-order valence-electron chi connectivity index (χ2n) is 6.61. The minimum atomic E-state index is -4.90. The maximum atomic E-state index is 12.9. The highest BCUT2D eigenvalue weighted by molar-refractivity contribution is 5.81. The summed E-state index contributed by atoms with van der Waals surface area (Å²) >= 11 is 0. The molecule has 0 saturated carbocycles. The van der Waals surface area contributed by atoms with E-state index in [1.165, 1.54) is 31.8 Å². The van der Waals surface area contributed by atoms with E-state index in [4.69, 9.17) is 9.47 Å². The average Bonchev–Trinajstić information content (AvgIpc) is 3.19. The predicted molar refractivity (Wildman–Crippen MR) is 98.3 cm³/mol. The number of benzene rings is 1. The van der Waals surface area contributed by atoms with Crippen LogP contribution in [0.15, 0.2) is 30.7 Å². The number of ether oxygens (including phenoxy) is 3. The van der Waals surface area contributed by atoms with Crippen molar-refractivity contribution in [2.75, 3.05) is 25.6 Å². The number of imidazole rings is 1. The maximum Gasteiger partial charge on any atom is 0.573 e. The van der Waals surface area contributed by atoms with Gasteiger partial charge in [-0.3, -0.25) is 4.40 Å². The number of aromatic nitrogens is 4. The van der Waals surface area contributed by atoms with E-state index in [-0.39, 0.29) is 29.7 Å². The number of nitrogens with zero attached hydrogens (tertiary/aromatic N) is 4. The van der Waals surface area contributed by atoms with Gasteiger partial charge in [0.25, 0.3) is 0 Å². The van der Waals surface area contributed by atoms with Gasteiger partial charge in [-0.1, -0.05) is 0 Å². The van der Waals surface area contributed by atoms with E-state index in [9.17, 15) is 18.3 Å². The van der Waals surface area contributed by atoms with Gasteiger partial charge in [0.15, 0.2) is 0 Å². The number of methoxy groups -OCH3 is 1. The average molecular weight is 425 g/mol. The van der Waals surface area contributed by atoms with Crippen LogP contribution >= 0.6 is 0 Å². The van der Waals surface area contributed by atoms with Gasteiger partial charge in [-0.05, 0) is 18.6 Å². The van der Waals surface area contributed by atoms with Crippen LogP contribution in [0.3, 0.4) is 0 Å². The smallest absolute Gasteiger partial charge is 0.497 e. The summed E-state index contributed by atoms with van der Waals surface area (Å²) < 4.78 is 54.7. The van der Waals surface area contributed by atoms with Gasteiger partial charge in [0, 0.05) is 18.2 Å². The highest BCUT2D eigenvalue weighted by Crippen LogP contribution is 2.37. The number of anilines is 1. The van der Waals surface area contributed by atoms with Crippen molar-refractivity contribution in [2.24, 2.45) is 0 Å². The number of alkyl halides is 3. The Morgan fingerprint density at radius 3 is 2.87 bits per heavy atom. The Balaban J connectivity index is 1.75. The predicted octanol–water partition coefficient (Wildman–Crippen LogP) is 2.26. The van der Waals surface area contributed by atoms with Crippen LogP contribution in [0.1, 0.15) is 6.42 Å². The first-order chi connectivity index (χ1) is 14.4. The van der Waals surface area contributed by atoms with Crippen molar-refractivity contribution in [1.29, 1.82) is 0 Å². The summed E-state index contributed by atoms with van der Waals surface area (Å²) in [6, 6.07) is 3.72.